The maximum absolute atomic E-state index is 12.8. The summed E-state index contributed by atoms with van der Waals surface area (Å²) in [5.41, 5.74) is 8.88. The molecule has 5 aliphatic carbocycles. The molecule has 0 N–H and O–H groups in total. The van der Waals surface area contributed by atoms with Crippen molar-refractivity contribution in [3.05, 3.63) is 52.1 Å². The Morgan fingerprint density at radius 1 is 0.800 bits per heavy atom. The minimum Gasteiger partial charge on any atom is -0.343 e. The molecule has 3 saturated carbocycles. The Morgan fingerprint density at radius 2 is 1.57 bits per heavy atom. The molecule has 3 nitrogen and oxygen atoms in total. The first-order chi connectivity index (χ1) is 17.1. The molecule has 1 heterocycles. The number of ether oxygens (including phenoxy) is 2. The van der Waals surface area contributed by atoms with E-state index in [2.05, 4.69) is 31.2 Å². The van der Waals surface area contributed by atoms with Gasteiger partial charge in [-0.3, -0.25) is 4.79 Å². The Hall–Kier alpha value is -1.71. The van der Waals surface area contributed by atoms with Crippen LogP contribution in [0.1, 0.15) is 107 Å². The molecule has 0 aromatic heterocycles. The van der Waals surface area contributed by atoms with Crippen LogP contribution in [0.15, 0.2) is 41.0 Å². The Kier molecular flexibility index (Phi) is 5.41. The van der Waals surface area contributed by atoms with Gasteiger partial charge in [-0.25, -0.2) is 0 Å². The topological polar surface area (TPSA) is 35.5 Å². The second-order valence-electron chi connectivity index (χ2n) is 12.4. The molecule has 0 bridgehead atoms. The number of hydrogen-bond donors (Lipinski definition) is 0. The van der Waals surface area contributed by atoms with Gasteiger partial charge in [-0.15, -0.1) is 0 Å². The van der Waals surface area contributed by atoms with Gasteiger partial charge in [-0.1, -0.05) is 56.0 Å². The summed E-state index contributed by atoms with van der Waals surface area (Å²) in [5.74, 6) is 1.86. The summed E-state index contributed by atoms with van der Waals surface area (Å²) in [4.78, 5) is 12.8. The van der Waals surface area contributed by atoms with Gasteiger partial charge in [0, 0.05) is 23.8 Å². The van der Waals surface area contributed by atoms with Crippen molar-refractivity contribution in [3.8, 4) is 0 Å². The molecule has 1 aliphatic heterocycles. The van der Waals surface area contributed by atoms with Crippen molar-refractivity contribution < 1.29 is 14.3 Å². The van der Waals surface area contributed by atoms with E-state index in [1.807, 2.05) is 0 Å². The standard InChI is InChI=1S/C32H40O3/c1-31-17-15-24-25-16-18-32(34-19-20-35-32)30(27(25)12-11-26(24)28(31)13-14-29(31)33)23-9-7-22(8-10-23)21-5-3-2-4-6-21/h7-10,21,26,28H,2-6,11-20H2,1H3/t26-,28+,31+/m1/s1. The Labute approximate surface area is 210 Å². The van der Waals surface area contributed by atoms with Crippen LogP contribution in [0, 0.1) is 17.3 Å². The van der Waals surface area contributed by atoms with Crippen LogP contribution in [0.4, 0.5) is 0 Å². The van der Waals surface area contributed by atoms with E-state index in [1.54, 1.807) is 11.1 Å². The van der Waals surface area contributed by atoms with Crippen LogP contribution in [-0.2, 0) is 14.3 Å². The fraction of sp³-hybridized carbons (Fsp3) is 0.656. The van der Waals surface area contributed by atoms with Crippen LogP contribution in [0.25, 0.3) is 5.57 Å². The Morgan fingerprint density at radius 3 is 2.34 bits per heavy atom. The van der Waals surface area contributed by atoms with Gasteiger partial charge in [0.05, 0.1) is 13.2 Å². The van der Waals surface area contributed by atoms with Crippen LogP contribution in [0.5, 0.6) is 0 Å². The number of ketones is 1. The quantitative estimate of drug-likeness (QED) is 0.447. The van der Waals surface area contributed by atoms with Crippen LogP contribution >= 0.6 is 0 Å². The average Bonchev–Trinajstić information content (AvgIpc) is 3.49. The van der Waals surface area contributed by atoms with E-state index < -0.39 is 5.79 Å². The molecule has 1 aromatic rings. The normalized spacial score (nSPS) is 34.8. The van der Waals surface area contributed by atoms with Crippen molar-refractivity contribution in [2.45, 2.75) is 102 Å². The molecule has 3 atom stereocenters. The minimum absolute atomic E-state index is 0.0682. The minimum atomic E-state index is -0.564. The first-order valence-corrected chi connectivity index (χ1v) is 14.5. The smallest absolute Gasteiger partial charge is 0.196 e. The summed E-state index contributed by atoms with van der Waals surface area (Å²) in [6.07, 6.45) is 15.1. The molecule has 0 unspecified atom stereocenters. The van der Waals surface area contributed by atoms with Gasteiger partial charge in [0.2, 0.25) is 0 Å². The molecule has 35 heavy (non-hydrogen) atoms. The van der Waals surface area contributed by atoms with Crippen LogP contribution in [0.2, 0.25) is 0 Å². The molecule has 1 aromatic carbocycles. The maximum atomic E-state index is 12.8. The monoisotopic (exact) mass is 472 g/mol. The largest absolute Gasteiger partial charge is 0.343 e. The summed E-state index contributed by atoms with van der Waals surface area (Å²) in [5, 5.41) is 0. The molecule has 4 fully saturated rings. The number of fused-ring (bicyclic) bond motifs is 4. The predicted molar refractivity (Wildman–Crippen MR) is 138 cm³/mol. The lowest BCUT2D eigenvalue weighted by molar-refractivity contribution is -0.128. The Balaban J connectivity index is 1.30. The highest BCUT2D eigenvalue weighted by Gasteiger charge is 2.55. The average molecular weight is 473 g/mol. The van der Waals surface area contributed by atoms with E-state index in [9.17, 15) is 4.79 Å². The van der Waals surface area contributed by atoms with E-state index in [0.717, 1.165) is 50.9 Å². The summed E-state index contributed by atoms with van der Waals surface area (Å²) < 4.78 is 12.9. The fourth-order valence-electron chi connectivity index (χ4n) is 9.01. The van der Waals surface area contributed by atoms with Gasteiger partial charge in [-0.2, -0.15) is 0 Å². The molecule has 0 amide bonds. The summed E-state index contributed by atoms with van der Waals surface area (Å²) in [7, 11) is 0. The van der Waals surface area contributed by atoms with Crippen LogP contribution in [0.3, 0.4) is 0 Å². The van der Waals surface area contributed by atoms with Crippen molar-refractivity contribution >= 4 is 11.4 Å². The number of carbonyl (C=O) groups is 1. The van der Waals surface area contributed by atoms with Crippen molar-refractivity contribution in [3.63, 3.8) is 0 Å². The number of allylic oxidation sites excluding steroid dienone is 3. The molecule has 0 radical (unpaired) electrons. The number of Topliss-reactive ketones (excluding diaryl/α,β-unsaturated/α-hetero) is 1. The van der Waals surface area contributed by atoms with Crippen molar-refractivity contribution in [2.75, 3.05) is 13.2 Å². The molecule has 1 spiro atoms. The second-order valence-corrected chi connectivity index (χ2v) is 12.4. The predicted octanol–water partition coefficient (Wildman–Crippen LogP) is 7.51. The zero-order valence-corrected chi connectivity index (χ0v) is 21.4. The van der Waals surface area contributed by atoms with Gasteiger partial charge >= 0.3 is 0 Å². The Bertz CT molecular complexity index is 1080. The van der Waals surface area contributed by atoms with Crippen molar-refractivity contribution in [1.29, 1.82) is 0 Å². The lowest BCUT2D eigenvalue weighted by atomic mass is 9.57. The van der Waals surface area contributed by atoms with E-state index in [0.29, 0.717) is 30.8 Å². The summed E-state index contributed by atoms with van der Waals surface area (Å²) >= 11 is 0. The van der Waals surface area contributed by atoms with Gasteiger partial charge in [0.1, 0.15) is 5.78 Å². The highest BCUT2D eigenvalue weighted by atomic mass is 16.7. The fourth-order valence-corrected chi connectivity index (χ4v) is 9.01. The third-order valence-corrected chi connectivity index (χ3v) is 10.9. The zero-order chi connectivity index (χ0) is 23.6. The molecule has 186 valence electrons. The van der Waals surface area contributed by atoms with E-state index in [4.69, 9.17) is 9.47 Å². The summed E-state index contributed by atoms with van der Waals surface area (Å²) in [6, 6.07) is 9.52. The van der Waals surface area contributed by atoms with Crippen LogP contribution < -0.4 is 0 Å². The van der Waals surface area contributed by atoms with Crippen molar-refractivity contribution in [2.24, 2.45) is 17.3 Å². The molecule has 7 rings (SSSR count). The molecular weight excluding hydrogens is 432 g/mol. The van der Waals surface area contributed by atoms with Gasteiger partial charge in [0.25, 0.3) is 0 Å². The van der Waals surface area contributed by atoms with E-state index >= 15 is 0 Å². The van der Waals surface area contributed by atoms with E-state index in [-0.39, 0.29) is 5.41 Å². The second kappa shape index (κ2) is 8.42. The number of carbonyl (C=O) groups excluding carboxylic acids is 1. The first-order valence-electron chi connectivity index (χ1n) is 14.5. The first kappa shape index (κ1) is 22.5. The molecule has 1 saturated heterocycles. The highest BCUT2D eigenvalue weighted by molar-refractivity contribution is 5.87. The van der Waals surface area contributed by atoms with Crippen molar-refractivity contribution in [1.82, 2.24) is 0 Å². The third-order valence-electron chi connectivity index (χ3n) is 10.9. The summed E-state index contributed by atoms with van der Waals surface area (Å²) in [6.45, 7) is 3.65. The van der Waals surface area contributed by atoms with Gasteiger partial charge in [0.15, 0.2) is 5.79 Å². The highest BCUT2D eigenvalue weighted by Crippen LogP contribution is 2.61. The molecule has 3 heteroatoms. The molecule has 6 aliphatic rings. The van der Waals surface area contributed by atoms with Crippen LogP contribution in [-0.4, -0.2) is 24.8 Å². The van der Waals surface area contributed by atoms with E-state index in [1.165, 1.54) is 60.8 Å². The maximum Gasteiger partial charge on any atom is 0.196 e. The number of hydrogen-bond acceptors (Lipinski definition) is 3. The zero-order valence-electron chi connectivity index (χ0n) is 21.4. The van der Waals surface area contributed by atoms with Gasteiger partial charge in [-0.05, 0) is 91.4 Å². The number of rotatable bonds is 2. The SMILES string of the molecule is C[C@]12CCC3=C4CCC5(OCCO5)C(c5ccc(C6CCCCC6)cc5)=C4CC[C@H]3[C@@H]1CCC2=O. The number of benzene rings is 1. The lowest BCUT2D eigenvalue weighted by Gasteiger charge is -2.48. The molecular formula is C32H40O3. The van der Waals surface area contributed by atoms with Gasteiger partial charge < -0.3 is 9.47 Å². The lowest BCUT2D eigenvalue weighted by Crippen LogP contribution is -2.42. The third kappa shape index (κ3) is 3.40.